The number of nitrogen functional groups attached to an aromatic ring is 1. The van der Waals surface area contributed by atoms with Gasteiger partial charge in [0.25, 0.3) is 0 Å². The van der Waals surface area contributed by atoms with Gasteiger partial charge in [0, 0.05) is 13.2 Å². The highest BCUT2D eigenvalue weighted by Gasteiger charge is 2.12. The molecule has 7 nitrogen and oxygen atoms in total. The summed E-state index contributed by atoms with van der Waals surface area (Å²) in [5, 5.41) is 4.10. The minimum absolute atomic E-state index is 0.204. The highest BCUT2D eigenvalue weighted by molar-refractivity contribution is 5.86. The van der Waals surface area contributed by atoms with E-state index in [1.165, 1.54) is 0 Å². The van der Waals surface area contributed by atoms with Crippen LogP contribution in [0.4, 0.5) is 5.95 Å². The fraction of sp³-hybridized carbons (Fsp3) is 0.111. The number of rotatable bonds is 1. The topological polar surface area (TPSA) is 98.3 Å². The van der Waals surface area contributed by atoms with Crippen molar-refractivity contribution in [2.45, 2.75) is 0 Å². The lowest BCUT2D eigenvalue weighted by atomic mass is 10.2. The summed E-state index contributed by atoms with van der Waals surface area (Å²) in [4.78, 5) is 15.3. The Bertz CT molecular complexity index is 651. The lowest BCUT2D eigenvalue weighted by molar-refractivity contribution is 0.774. The van der Waals surface area contributed by atoms with Gasteiger partial charge in [-0.2, -0.15) is 10.1 Å². The molecule has 3 heterocycles. The zero-order chi connectivity index (χ0) is 11.1. The van der Waals surface area contributed by atoms with E-state index in [0.717, 1.165) is 11.2 Å². The number of fused-ring (bicyclic) bond motifs is 1. The van der Waals surface area contributed by atoms with Gasteiger partial charge in [-0.25, -0.2) is 9.97 Å². The van der Waals surface area contributed by atoms with Crippen LogP contribution in [0.2, 0.25) is 0 Å². The number of nitrogens with two attached hydrogens (primary N) is 1. The predicted octanol–water partition coefficient (Wildman–Crippen LogP) is 0.336. The van der Waals surface area contributed by atoms with Crippen LogP contribution in [0.1, 0.15) is 0 Å². The van der Waals surface area contributed by atoms with E-state index in [-0.39, 0.29) is 5.95 Å². The highest BCUT2D eigenvalue weighted by Crippen LogP contribution is 2.23. The molecule has 3 aromatic rings. The summed E-state index contributed by atoms with van der Waals surface area (Å²) in [7, 11) is 1.84. The van der Waals surface area contributed by atoms with Gasteiger partial charge in [0.1, 0.15) is 11.2 Å². The van der Waals surface area contributed by atoms with Gasteiger partial charge in [0.05, 0.1) is 12.0 Å². The second kappa shape index (κ2) is 3.02. The highest BCUT2D eigenvalue weighted by atomic mass is 15.3. The Balaban J connectivity index is 2.38. The first kappa shape index (κ1) is 8.84. The van der Waals surface area contributed by atoms with E-state index in [2.05, 4.69) is 25.0 Å². The molecule has 7 heteroatoms. The summed E-state index contributed by atoms with van der Waals surface area (Å²) < 4.78 is 1.72. The van der Waals surface area contributed by atoms with E-state index in [9.17, 15) is 0 Å². The fourth-order valence-electron chi connectivity index (χ4n) is 1.64. The van der Waals surface area contributed by atoms with Crippen molar-refractivity contribution in [2.75, 3.05) is 5.73 Å². The van der Waals surface area contributed by atoms with Crippen LogP contribution >= 0.6 is 0 Å². The third kappa shape index (κ3) is 1.14. The summed E-state index contributed by atoms with van der Waals surface area (Å²) in [6, 6.07) is 1.86. The van der Waals surface area contributed by atoms with E-state index in [1.807, 2.05) is 13.1 Å². The van der Waals surface area contributed by atoms with Gasteiger partial charge in [0.15, 0.2) is 5.65 Å². The molecule has 0 aromatic carbocycles. The van der Waals surface area contributed by atoms with Crippen molar-refractivity contribution < 1.29 is 0 Å². The monoisotopic (exact) mass is 215 g/mol. The van der Waals surface area contributed by atoms with Crippen LogP contribution in [0.15, 0.2) is 18.6 Å². The van der Waals surface area contributed by atoms with Gasteiger partial charge in [-0.3, -0.25) is 4.68 Å². The lowest BCUT2D eigenvalue weighted by Gasteiger charge is -2.02. The van der Waals surface area contributed by atoms with Crippen LogP contribution in [-0.4, -0.2) is 29.7 Å². The molecular weight excluding hydrogens is 206 g/mol. The number of hydrogen-bond donors (Lipinski definition) is 2. The largest absolute Gasteiger partial charge is 0.368 e. The van der Waals surface area contributed by atoms with Crippen molar-refractivity contribution in [2.24, 2.45) is 7.05 Å². The Morgan fingerprint density at radius 2 is 2.25 bits per heavy atom. The maximum atomic E-state index is 5.63. The summed E-state index contributed by atoms with van der Waals surface area (Å²) in [5.41, 5.74) is 8.53. The second-order valence-corrected chi connectivity index (χ2v) is 3.37. The summed E-state index contributed by atoms with van der Waals surface area (Å²) >= 11 is 0. The molecule has 0 spiro atoms. The van der Waals surface area contributed by atoms with Crippen molar-refractivity contribution in [3.63, 3.8) is 0 Å². The average molecular weight is 215 g/mol. The van der Waals surface area contributed by atoms with Gasteiger partial charge in [-0.1, -0.05) is 0 Å². The van der Waals surface area contributed by atoms with Gasteiger partial charge < -0.3 is 10.7 Å². The van der Waals surface area contributed by atoms with Crippen LogP contribution < -0.4 is 5.73 Å². The molecule has 0 aliphatic carbocycles. The van der Waals surface area contributed by atoms with Crippen molar-refractivity contribution in [1.82, 2.24) is 29.7 Å². The zero-order valence-corrected chi connectivity index (χ0v) is 8.55. The minimum Gasteiger partial charge on any atom is -0.368 e. The molecule has 0 atom stereocenters. The number of nitrogens with zero attached hydrogens (tertiary/aromatic N) is 5. The molecule has 3 N–H and O–H groups in total. The third-order valence-corrected chi connectivity index (χ3v) is 2.37. The molecule has 3 rings (SSSR count). The molecule has 0 fully saturated rings. The number of aromatic amines is 1. The Kier molecular flexibility index (Phi) is 1.67. The third-order valence-electron chi connectivity index (χ3n) is 2.37. The molecular formula is C9H9N7. The Morgan fingerprint density at radius 3 is 3.00 bits per heavy atom. The van der Waals surface area contributed by atoms with Gasteiger partial charge in [-0.05, 0) is 6.07 Å². The SMILES string of the molecule is Cn1nccc1-c1nc(N)nc2nc[nH]c12. The quantitative estimate of drug-likeness (QED) is 0.609. The summed E-state index contributed by atoms with van der Waals surface area (Å²) in [6.07, 6.45) is 3.27. The first-order chi connectivity index (χ1) is 7.75. The van der Waals surface area contributed by atoms with Crippen LogP contribution in [0.3, 0.4) is 0 Å². The molecule has 0 unspecified atom stereocenters. The van der Waals surface area contributed by atoms with Crippen molar-refractivity contribution >= 4 is 17.1 Å². The summed E-state index contributed by atoms with van der Waals surface area (Å²) in [5.74, 6) is 0.204. The molecule has 0 aliphatic heterocycles. The van der Waals surface area contributed by atoms with Crippen LogP contribution in [0, 0.1) is 0 Å². The van der Waals surface area contributed by atoms with Gasteiger partial charge in [0.2, 0.25) is 5.95 Å². The molecule has 0 amide bonds. The Hall–Kier alpha value is -2.44. The van der Waals surface area contributed by atoms with E-state index < -0.39 is 0 Å². The molecule has 3 aromatic heterocycles. The summed E-state index contributed by atoms with van der Waals surface area (Å²) in [6.45, 7) is 0. The molecule has 0 radical (unpaired) electrons. The normalized spacial score (nSPS) is 11.1. The Morgan fingerprint density at radius 1 is 1.38 bits per heavy atom. The number of anilines is 1. The van der Waals surface area contributed by atoms with Crippen molar-refractivity contribution in [1.29, 1.82) is 0 Å². The van der Waals surface area contributed by atoms with Crippen LogP contribution in [-0.2, 0) is 7.05 Å². The van der Waals surface area contributed by atoms with Gasteiger partial charge in [-0.15, -0.1) is 0 Å². The number of aryl methyl sites for hydroxylation is 1. The molecule has 0 bridgehead atoms. The zero-order valence-electron chi connectivity index (χ0n) is 8.55. The fourth-order valence-corrected chi connectivity index (χ4v) is 1.64. The second-order valence-electron chi connectivity index (χ2n) is 3.37. The number of H-pyrrole nitrogens is 1. The smallest absolute Gasteiger partial charge is 0.222 e. The maximum Gasteiger partial charge on any atom is 0.222 e. The Labute approximate surface area is 90.4 Å². The van der Waals surface area contributed by atoms with E-state index in [4.69, 9.17) is 5.73 Å². The number of hydrogen-bond acceptors (Lipinski definition) is 5. The number of nitrogens with one attached hydrogen (secondary N) is 1. The van der Waals surface area contributed by atoms with Crippen LogP contribution in [0.25, 0.3) is 22.6 Å². The molecule has 16 heavy (non-hydrogen) atoms. The van der Waals surface area contributed by atoms with Gasteiger partial charge >= 0.3 is 0 Å². The van der Waals surface area contributed by atoms with E-state index in [0.29, 0.717) is 11.3 Å². The van der Waals surface area contributed by atoms with Crippen molar-refractivity contribution in [3.05, 3.63) is 18.6 Å². The average Bonchev–Trinajstić information content (AvgIpc) is 2.84. The van der Waals surface area contributed by atoms with Crippen molar-refractivity contribution in [3.8, 4) is 11.4 Å². The maximum absolute atomic E-state index is 5.63. The first-order valence-electron chi connectivity index (χ1n) is 4.70. The molecule has 0 saturated carbocycles. The molecule has 0 saturated heterocycles. The van der Waals surface area contributed by atoms with Crippen LogP contribution in [0.5, 0.6) is 0 Å². The van der Waals surface area contributed by atoms with E-state index in [1.54, 1.807) is 17.2 Å². The standard InChI is InChI=1S/C9H9N7/c1-16-5(2-3-13-16)6-7-8(12-4-11-7)15-9(10)14-6/h2-4H,1H3,(H3,10,11,12,14,15). The molecule has 0 aliphatic rings. The number of imidazole rings is 1. The van der Waals surface area contributed by atoms with E-state index >= 15 is 0 Å². The lowest BCUT2D eigenvalue weighted by Crippen LogP contribution is -2.01. The molecule has 80 valence electrons. The minimum atomic E-state index is 0.204. The first-order valence-corrected chi connectivity index (χ1v) is 4.70. The predicted molar refractivity (Wildman–Crippen MR) is 58.3 cm³/mol. The number of aromatic nitrogens is 6.